The summed E-state index contributed by atoms with van der Waals surface area (Å²) in [5.41, 5.74) is 2.21. The second kappa shape index (κ2) is 12.8. The van der Waals surface area contributed by atoms with Crippen LogP contribution in [0.15, 0.2) is 35.3 Å². The molecule has 1 heterocycles. The van der Waals surface area contributed by atoms with Gasteiger partial charge < -0.3 is 20.3 Å². The number of aliphatic imine (C=N–C) groups is 1. The third-order valence-corrected chi connectivity index (χ3v) is 4.13. The molecule has 0 spiro atoms. The van der Waals surface area contributed by atoms with Crippen molar-refractivity contribution in [2.45, 2.75) is 26.8 Å². The minimum Gasteiger partial charge on any atom is -0.381 e. The number of nitrogens with zero attached hydrogens (tertiary/aromatic N) is 3. The highest BCUT2D eigenvalue weighted by Crippen LogP contribution is 2.21. The average Bonchev–Trinajstić information content (AvgIpc) is 2.66. The number of pyridine rings is 1. The number of benzene rings is 1. The number of anilines is 1. The summed E-state index contributed by atoms with van der Waals surface area (Å²) in [5, 5.41) is 7.91. The number of nitrogens with one attached hydrogen (secondary N) is 2. The predicted octanol–water partition coefficient (Wildman–Crippen LogP) is 3.65. The Kier molecular flexibility index (Phi) is 11.1. The molecule has 0 radical (unpaired) electrons. The monoisotopic (exact) mass is 499 g/mol. The molecule has 2 rings (SSSR count). The van der Waals surface area contributed by atoms with Crippen LogP contribution in [0.4, 0.5) is 5.82 Å². The summed E-state index contributed by atoms with van der Waals surface area (Å²) in [5.74, 6) is 2.33. The van der Waals surface area contributed by atoms with Gasteiger partial charge in [-0.05, 0) is 30.0 Å². The third kappa shape index (κ3) is 7.79. The van der Waals surface area contributed by atoms with Gasteiger partial charge in [-0.25, -0.2) is 4.98 Å². The molecule has 0 aliphatic heterocycles. The fraction of sp³-hybridized carbons (Fsp3) is 0.524. The van der Waals surface area contributed by atoms with Crippen molar-refractivity contribution in [1.82, 2.24) is 15.6 Å². The van der Waals surface area contributed by atoms with E-state index in [4.69, 9.17) is 9.72 Å². The molecular formula is C21H34IN5O. The molecule has 0 fully saturated rings. The molecular weight excluding hydrogens is 465 g/mol. The van der Waals surface area contributed by atoms with Crippen LogP contribution in [0.25, 0.3) is 10.9 Å². The summed E-state index contributed by atoms with van der Waals surface area (Å²) in [4.78, 5) is 11.1. The van der Waals surface area contributed by atoms with E-state index in [0.29, 0.717) is 12.5 Å². The summed E-state index contributed by atoms with van der Waals surface area (Å²) >= 11 is 0. The second-order valence-electron chi connectivity index (χ2n) is 7.23. The van der Waals surface area contributed by atoms with Crippen molar-refractivity contribution in [1.29, 1.82) is 0 Å². The zero-order valence-corrected chi connectivity index (χ0v) is 20.0. The van der Waals surface area contributed by atoms with E-state index in [1.165, 1.54) is 5.56 Å². The van der Waals surface area contributed by atoms with Crippen LogP contribution in [-0.2, 0) is 11.3 Å². The van der Waals surface area contributed by atoms with Crippen molar-refractivity contribution < 1.29 is 4.74 Å². The smallest absolute Gasteiger partial charge is 0.191 e. The Morgan fingerprint density at radius 3 is 2.64 bits per heavy atom. The van der Waals surface area contributed by atoms with Crippen molar-refractivity contribution in [3.05, 3.63) is 35.9 Å². The maximum Gasteiger partial charge on any atom is 0.191 e. The summed E-state index contributed by atoms with van der Waals surface area (Å²) in [6.07, 6.45) is 0.955. The minimum absolute atomic E-state index is 0. The molecule has 7 heteroatoms. The van der Waals surface area contributed by atoms with E-state index in [9.17, 15) is 0 Å². The topological polar surface area (TPSA) is 61.8 Å². The molecule has 6 nitrogen and oxygen atoms in total. The molecule has 0 saturated carbocycles. The van der Waals surface area contributed by atoms with E-state index in [-0.39, 0.29) is 24.0 Å². The van der Waals surface area contributed by atoms with Gasteiger partial charge in [-0.1, -0.05) is 32.0 Å². The van der Waals surface area contributed by atoms with Crippen LogP contribution < -0.4 is 15.5 Å². The average molecular weight is 499 g/mol. The van der Waals surface area contributed by atoms with Crippen LogP contribution in [0.2, 0.25) is 0 Å². The number of halogens is 1. The molecule has 0 aliphatic carbocycles. The number of aromatic nitrogens is 1. The van der Waals surface area contributed by atoms with E-state index < -0.39 is 0 Å². The minimum atomic E-state index is 0. The van der Waals surface area contributed by atoms with Gasteiger partial charge in [0.2, 0.25) is 0 Å². The van der Waals surface area contributed by atoms with E-state index in [0.717, 1.165) is 48.9 Å². The zero-order valence-electron chi connectivity index (χ0n) is 17.7. The number of hydrogen-bond acceptors (Lipinski definition) is 4. The van der Waals surface area contributed by atoms with Crippen LogP contribution >= 0.6 is 24.0 Å². The lowest BCUT2D eigenvalue weighted by molar-refractivity contribution is 0.108. The predicted molar refractivity (Wildman–Crippen MR) is 130 cm³/mol. The summed E-state index contributed by atoms with van der Waals surface area (Å²) in [6.45, 7) is 7.42. The number of hydrogen-bond donors (Lipinski definition) is 2. The highest BCUT2D eigenvalue weighted by molar-refractivity contribution is 14.0. The Morgan fingerprint density at radius 2 is 1.96 bits per heavy atom. The molecule has 1 aromatic carbocycles. The van der Waals surface area contributed by atoms with Gasteiger partial charge in [-0.3, -0.25) is 4.99 Å². The normalized spacial score (nSPS) is 11.4. The van der Waals surface area contributed by atoms with Crippen LogP contribution in [0, 0.1) is 5.92 Å². The first-order chi connectivity index (χ1) is 13.0. The van der Waals surface area contributed by atoms with E-state index in [2.05, 4.69) is 47.7 Å². The van der Waals surface area contributed by atoms with Crippen LogP contribution in [0.3, 0.4) is 0 Å². The van der Waals surface area contributed by atoms with Crippen LogP contribution in [0.5, 0.6) is 0 Å². The van der Waals surface area contributed by atoms with Gasteiger partial charge in [-0.2, -0.15) is 0 Å². The fourth-order valence-corrected chi connectivity index (χ4v) is 2.71. The van der Waals surface area contributed by atoms with Crippen LogP contribution in [0.1, 0.15) is 25.8 Å². The first-order valence-corrected chi connectivity index (χ1v) is 9.59. The summed E-state index contributed by atoms with van der Waals surface area (Å²) in [6, 6.07) is 10.4. The van der Waals surface area contributed by atoms with Crippen molar-refractivity contribution in [2.75, 3.05) is 45.8 Å². The number of rotatable bonds is 9. The van der Waals surface area contributed by atoms with Gasteiger partial charge in [0.1, 0.15) is 5.82 Å². The molecule has 2 aromatic rings. The lowest BCUT2D eigenvalue weighted by Crippen LogP contribution is -2.37. The molecule has 0 amide bonds. The number of ether oxygens (including phenoxy) is 1. The largest absolute Gasteiger partial charge is 0.381 e. The van der Waals surface area contributed by atoms with Gasteiger partial charge >= 0.3 is 0 Å². The second-order valence-corrected chi connectivity index (χ2v) is 7.23. The Bertz CT molecular complexity index is 749. The van der Waals surface area contributed by atoms with Gasteiger partial charge in [0.25, 0.3) is 0 Å². The van der Waals surface area contributed by atoms with E-state index in [1.54, 1.807) is 7.05 Å². The highest BCUT2D eigenvalue weighted by Gasteiger charge is 2.08. The maximum absolute atomic E-state index is 5.61. The van der Waals surface area contributed by atoms with Gasteiger partial charge in [0.05, 0.1) is 5.52 Å². The number of para-hydroxylation sites is 1. The molecule has 0 saturated heterocycles. The molecule has 156 valence electrons. The molecule has 28 heavy (non-hydrogen) atoms. The summed E-state index contributed by atoms with van der Waals surface area (Å²) in [7, 11) is 5.81. The maximum atomic E-state index is 5.61. The lowest BCUT2D eigenvalue weighted by Gasteiger charge is -2.17. The van der Waals surface area contributed by atoms with Crippen molar-refractivity contribution in [3.63, 3.8) is 0 Å². The first kappa shape index (κ1) is 24.4. The first-order valence-electron chi connectivity index (χ1n) is 9.59. The zero-order chi connectivity index (χ0) is 19.6. The molecule has 2 N–H and O–H groups in total. The lowest BCUT2D eigenvalue weighted by atomic mass is 10.1. The fourth-order valence-electron chi connectivity index (χ4n) is 2.71. The number of fused-ring (bicyclic) bond motifs is 1. The van der Waals surface area contributed by atoms with Crippen LogP contribution in [-0.4, -0.2) is 51.8 Å². The molecule has 1 aromatic heterocycles. The SMILES string of the molecule is CN=C(NCCCOCC(C)C)NCc1cc(N(C)C)nc2ccccc12.I. The Labute approximate surface area is 186 Å². The van der Waals surface area contributed by atoms with Gasteiger partial charge in [0.15, 0.2) is 5.96 Å². The van der Waals surface area contributed by atoms with Crippen molar-refractivity contribution in [2.24, 2.45) is 10.9 Å². The highest BCUT2D eigenvalue weighted by atomic mass is 127. The molecule has 0 aliphatic rings. The van der Waals surface area contributed by atoms with Gasteiger partial charge in [0, 0.05) is 52.8 Å². The van der Waals surface area contributed by atoms with E-state index >= 15 is 0 Å². The molecule has 0 atom stereocenters. The Morgan fingerprint density at radius 1 is 1.21 bits per heavy atom. The summed E-state index contributed by atoms with van der Waals surface area (Å²) < 4.78 is 5.61. The van der Waals surface area contributed by atoms with Crippen molar-refractivity contribution in [3.8, 4) is 0 Å². The van der Waals surface area contributed by atoms with Gasteiger partial charge in [-0.15, -0.1) is 24.0 Å². The van der Waals surface area contributed by atoms with E-state index in [1.807, 2.05) is 31.1 Å². The molecule has 0 bridgehead atoms. The number of guanidine groups is 1. The van der Waals surface area contributed by atoms with Crippen molar-refractivity contribution >= 4 is 46.7 Å². The Hall–Kier alpha value is -1.61. The quantitative estimate of drug-likeness (QED) is 0.239. The third-order valence-electron chi connectivity index (χ3n) is 4.13. The molecule has 0 unspecified atom stereocenters. The standard InChI is InChI=1S/C21H33N5O.HI/c1-16(2)15-27-12-8-11-23-21(22-3)24-14-17-13-20(26(4)5)25-19-10-7-6-9-18(17)19;/h6-7,9-10,13,16H,8,11-12,14-15H2,1-5H3,(H2,22,23,24);1H. The Balaban J connectivity index is 0.00000392.